The molecule has 0 saturated heterocycles. The van der Waals surface area contributed by atoms with Gasteiger partial charge in [-0.05, 0) is 55.0 Å². The lowest BCUT2D eigenvalue weighted by Gasteiger charge is -2.38. The van der Waals surface area contributed by atoms with Crippen LogP contribution in [0.25, 0.3) is 0 Å². The van der Waals surface area contributed by atoms with E-state index < -0.39 is 0 Å². The molecule has 3 aromatic carbocycles. The highest BCUT2D eigenvalue weighted by molar-refractivity contribution is 6.02. The van der Waals surface area contributed by atoms with E-state index in [-0.39, 0.29) is 12.3 Å². The van der Waals surface area contributed by atoms with Crippen molar-refractivity contribution in [3.63, 3.8) is 0 Å². The van der Waals surface area contributed by atoms with Crippen molar-refractivity contribution in [3.8, 4) is 17.2 Å². The highest BCUT2D eigenvalue weighted by atomic mass is 16.5. The van der Waals surface area contributed by atoms with Gasteiger partial charge in [0.05, 0.1) is 31.0 Å². The van der Waals surface area contributed by atoms with E-state index in [0.29, 0.717) is 6.61 Å². The van der Waals surface area contributed by atoms with Crippen LogP contribution < -0.4 is 14.2 Å². The number of para-hydroxylation sites is 2. The molecule has 0 aliphatic carbocycles. The zero-order valence-corrected chi connectivity index (χ0v) is 17.1. The third-order valence-corrected chi connectivity index (χ3v) is 5.61. The molecule has 152 valence electrons. The Morgan fingerprint density at radius 1 is 0.967 bits per heavy atom. The second kappa shape index (κ2) is 7.75. The van der Waals surface area contributed by atoms with Gasteiger partial charge in [0.2, 0.25) is 6.23 Å². The van der Waals surface area contributed by atoms with Crippen LogP contribution in [0.5, 0.6) is 17.2 Å². The molecule has 5 rings (SSSR count). The van der Waals surface area contributed by atoms with Crippen LogP contribution in [0.3, 0.4) is 0 Å². The number of hydrogen-bond acceptors (Lipinski definition) is 5. The maximum atomic E-state index is 6.46. The molecule has 2 aliphatic rings. The molecule has 0 bridgehead atoms. The summed E-state index contributed by atoms with van der Waals surface area (Å²) in [5.41, 5.74) is 4.29. The summed E-state index contributed by atoms with van der Waals surface area (Å²) in [5, 5.41) is 7.11. The first kappa shape index (κ1) is 18.6. The van der Waals surface area contributed by atoms with E-state index in [9.17, 15) is 0 Å². The summed E-state index contributed by atoms with van der Waals surface area (Å²) in [6.07, 6.45) is 0.475. The van der Waals surface area contributed by atoms with Crippen molar-refractivity contribution in [3.05, 3.63) is 89.5 Å². The molecule has 5 nitrogen and oxygen atoms in total. The zero-order chi connectivity index (χ0) is 20.5. The minimum absolute atomic E-state index is 0.117. The van der Waals surface area contributed by atoms with Crippen molar-refractivity contribution < 1.29 is 14.2 Å². The van der Waals surface area contributed by atoms with Crippen molar-refractivity contribution in [2.75, 3.05) is 13.7 Å². The third kappa shape index (κ3) is 3.16. The lowest BCUT2D eigenvalue weighted by molar-refractivity contribution is -0.0205. The van der Waals surface area contributed by atoms with Crippen LogP contribution >= 0.6 is 0 Å². The Kier molecular flexibility index (Phi) is 4.79. The number of hydrogen-bond donors (Lipinski definition) is 0. The smallest absolute Gasteiger partial charge is 0.217 e. The van der Waals surface area contributed by atoms with Crippen molar-refractivity contribution in [2.24, 2.45) is 5.10 Å². The fourth-order valence-corrected chi connectivity index (χ4v) is 4.17. The quantitative estimate of drug-likeness (QED) is 0.580. The van der Waals surface area contributed by atoms with Crippen LogP contribution in [0.1, 0.15) is 42.3 Å². The van der Waals surface area contributed by atoms with Crippen molar-refractivity contribution in [1.82, 2.24) is 5.01 Å². The number of rotatable bonds is 5. The average Bonchev–Trinajstić information content (AvgIpc) is 3.25. The Hall–Kier alpha value is -3.47. The van der Waals surface area contributed by atoms with E-state index in [1.807, 2.05) is 49.4 Å². The van der Waals surface area contributed by atoms with Gasteiger partial charge < -0.3 is 14.2 Å². The maximum absolute atomic E-state index is 6.46. The topological polar surface area (TPSA) is 43.3 Å². The first-order chi connectivity index (χ1) is 14.8. The molecule has 0 amide bonds. The standard InChI is InChI=1S/C25H24N2O3/c1-3-29-23-10-6-5-9-20(23)25-27-22(19-8-4-7-11-24(19)30-25)16-21(26-27)17-12-14-18(28-2)15-13-17/h4-15,22,25H,3,16H2,1-2H3/t22-,25-/m1/s1. The molecule has 0 N–H and O–H groups in total. The second-order valence-electron chi connectivity index (χ2n) is 7.35. The second-order valence-corrected chi connectivity index (χ2v) is 7.35. The van der Waals surface area contributed by atoms with E-state index in [2.05, 4.69) is 35.3 Å². The van der Waals surface area contributed by atoms with Crippen LogP contribution in [0.15, 0.2) is 77.9 Å². The third-order valence-electron chi connectivity index (χ3n) is 5.61. The SMILES string of the molecule is CCOc1ccccc1[C@H]1Oc2ccccc2[C@H]2CC(c3ccc(OC)cc3)=NN21. The highest BCUT2D eigenvalue weighted by Crippen LogP contribution is 2.48. The van der Waals surface area contributed by atoms with Gasteiger partial charge in [0.25, 0.3) is 0 Å². The summed E-state index contributed by atoms with van der Waals surface area (Å²) in [5.74, 6) is 2.57. The Morgan fingerprint density at radius 2 is 1.70 bits per heavy atom. The molecule has 2 aliphatic heterocycles. The fourth-order valence-electron chi connectivity index (χ4n) is 4.17. The van der Waals surface area contributed by atoms with Crippen LogP contribution in [-0.2, 0) is 0 Å². The number of hydrazone groups is 1. The van der Waals surface area contributed by atoms with Gasteiger partial charge in [-0.25, -0.2) is 5.01 Å². The Morgan fingerprint density at radius 3 is 2.47 bits per heavy atom. The molecule has 0 saturated carbocycles. The van der Waals surface area contributed by atoms with Crippen molar-refractivity contribution in [2.45, 2.75) is 25.6 Å². The summed E-state index contributed by atoms with van der Waals surface area (Å²) in [7, 11) is 1.68. The van der Waals surface area contributed by atoms with Gasteiger partial charge in [-0.3, -0.25) is 0 Å². The van der Waals surface area contributed by atoms with Gasteiger partial charge in [0.15, 0.2) is 0 Å². The van der Waals surface area contributed by atoms with Gasteiger partial charge in [0, 0.05) is 12.0 Å². The minimum atomic E-state index is -0.344. The summed E-state index contributed by atoms with van der Waals surface area (Å²) >= 11 is 0. The molecule has 0 radical (unpaired) electrons. The molecular weight excluding hydrogens is 376 g/mol. The molecule has 5 heteroatoms. The van der Waals surface area contributed by atoms with Gasteiger partial charge in [-0.2, -0.15) is 5.10 Å². The summed E-state index contributed by atoms with van der Waals surface area (Å²) < 4.78 is 17.7. The van der Waals surface area contributed by atoms with Gasteiger partial charge >= 0.3 is 0 Å². The van der Waals surface area contributed by atoms with Crippen LogP contribution in [0.4, 0.5) is 0 Å². The van der Waals surface area contributed by atoms with Crippen molar-refractivity contribution in [1.29, 1.82) is 0 Å². The van der Waals surface area contributed by atoms with E-state index in [4.69, 9.17) is 19.3 Å². The number of nitrogens with zero attached hydrogens (tertiary/aromatic N) is 2. The summed E-state index contributed by atoms with van der Waals surface area (Å²) in [4.78, 5) is 0. The van der Waals surface area contributed by atoms with Crippen molar-refractivity contribution >= 4 is 5.71 Å². The summed E-state index contributed by atoms with van der Waals surface area (Å²) in [6.45, 7) is 2.59. The predicted molar refractivity (Wildman–Crippen MR) is 116 cm³/mol. The van der Waals surface area contributed by atoms with E-state index >= 15 is 0 Å². The number of benzene rings is 3. The Bertz CT molecular complexity index is 1080. The zero-order valence-electron chi connectivity index (χ0n) is 17.1. The normalized spacial score (nSPS) is 19.4. The van der Waals surface area contributed by atoms with E-state index in [1.54, 1.807) is 7.11 Å². The molecule has 30 heavy (non-hydrogen) atoms. The maximum Gasteiger partial charge on any atom is 0.217 e. The largest absolute Gasteiger partial charge is 0.497 e. The number of ether oxygens (including phenoxy) is 3. The van der Waals surface area contributed by atoms with E-state index in [1.165, 1.54) is 0 Å². The lowest BCUT2D eigenvalue weighted by atomic mass is 9.96. The van der Waals surface area contributed by atoms with Crippen LogP contribution in [0, 0.1) is 0 Å². The van der Waals surface area contributed by atoms with Crippen LogP contribution in [0.2, 0.25) is 0 Å². The Balaban J connectivity index is 1.57. The fraction of sp³-hybridized carbons (Fsp3) is 0.240. The van der Waals surface area contributed by atoms with E-state index in [0.717, 1.165) is 46.1 Å². The number of fused-ring (bicyclic) bond motifs is 3. The van der Waals surface area contributed by atoms with Gasteiger partial charge in [0.1, 0.15) is 17.2 Å². The Labute approximate surface area is 176 Å². The first-order valence-electron chi connectivity index (χ1n) is 10.3. The minimum Gasteiger partial charge on any atom is -0.497 e. The monoisotopic (exact) mass is 400 g/mol. The molecule has 0 spiro atoms. The lowest BCUT2D eigenvalue weighted by Crippen LogP contribution is -2.34. The highest BCUT2D eigenvalue weighted by Gasteiger charge is 2.41. The predicted octanol–water partition coefficient (Wildman–Crippen LogP) is 5.34. The molecule has 0 fully saturated rings. The van der Waals surface area contributed by atoms with Gasteiger partial charge in [-0.1, -0.05) is 30.3 Å². The number of methoxy groups -OCH3 is 1. The average molecular weight is 400 g/mol. The molecule has 2 heterocycles. The van der Waals surface area contributed by atoms with Gasteiger partial charge in [-0.15, -0.1) is 0 Å². The summed E-state index contributed by atoms with van der Waals surface area (Å²) in [6, 6.07) is 24.5. The molecule has 0 unspecified atom stereocenters. The first-order valence-corrected chi connectivity index (χ1v) is 10.3. The molecule has 0 aromatic heterocycles. The molecule has 2 atom stereocenters. The van der Waals surface area contributed by atoms with Crippen LogP contribution in [-0.4, -0.2) is 24.4 Å². The molecule has 3 aromatic rings. The molecular formula is C25H24N2O3.